The number of hydrogen-bond donors (Lipinski definition) is 1. The molecule has 1 amide bonds. The van der Waals surface area contributed by atoms with Gasteiger partial charge in [-0.3, -0.25) is 9.20 Å². The molecule has 6 heteroatoms. The lowest BCUT2D eigenvalue weighted by Crippen LogP contribution is -2.34. The SMILES string of the molecule is CN(C)CCn1ccc(-c2nc(C(=O)NC3CCCCCC3)c3ccccn23)c1. The molecule has 0 bridgehead atoms. The topological polar surface area (TPSA) is 54.6 Å². The van der Waals surface area contributed by atoms with E-state index < -0.39 is 0 Å². The lowest BCUT2D eigenvalue weighted by molar-refractivity contribution is 0.0930. The number of nitrogens with one attached hydrogen (secondary N) is 1. The summed E-state index contributed by atoms with van der Waals surface area (Å²) in [7, 11) is 4.15. The summed E-state index contributed by atoms with van der Waals surface area (Å²) in [6.07, 6.45) is 13.2. The summed E-state index contributed by atoms with van der Waals surface area (Å²) in [5.41, 5.74) is 2.40. The molecule has 1 N–H and O–H groups in total. The summed E-state index contributed by atoms with van der Waals surface area (Å²) in [4.78, 5) is 20.0. The van der Waals surface area contributed by atoms with Crippen LogP contribution >= 0.6 is 0 Å². The number of likely N-dealkylation sites (N-methyl/N-ethyl adjacent to an activating group) is 1. The molecule has 1 saturated carbocycles. The zero-order valence-corrected chi connectivity index (χ0v) is 17.5. The summed E-state index contributed by atoms with van der Waals surface area (Å²) in [5.74, 6) is 0.758. The number of nitrogens with zero attached hydrogens (tertiary/aromatic N) is 4. The zero-order valence-electron chi connectivity index (χ0n) is 17.5. The van der Waals surface area contributed by atoms with Crippen molar-refractivity contribution in [2.24, 2.45) is 0 Å². The third kappa shape index (κ3) is 4.53. The number of carbonyl (C=O) groups is 1. The number of carbonyl (C=O) groups excluding carboxylic acids is 1. The lowest BCUT2D eigenvalue weighted by atomic mass is 10.1. The first-order valence-electron chi connectivity index (χ1n) is 10.7. The second kappa shape index (κ2) is 8.82. The number of imidazole rings is 1. The van der Waals surface area contributed by atoms with Gasteiger partial charge in [0.05, 0.1) is 5.52 Å². The van der Waals surface area contributed by atoms with E-state index in [2.05, 4.69) is 47.3 Å². The molecule has 0 aromatic carbocycles. The van der Waals surface area contributed by atoms with Gasteiger partial charge in [-0.15, -0.1) is 0 Å². The maximum Gasteiger partial charge on any atom is 0.272 e. The van der Waals surface area contributed by atoms with Crippen LogP contribution in [0.2, 0.25) is 0 Å². The fourth-order valence-electron chi connectivity index (χ4n) is 4.11. The molecule has 3 aromatic rings. The molecule has 0 unspecified atom stereocenters. The lowest BCUT2D eigenvalue weighted by Gasteiger charge is -2.15. The van der Waals surface area contributed by atoms with Crippen molar-refractivity contribution in [1.82, 2.24) is 24.2 Å². The highest BCUT2D eigenvalue weighted by molar-refractivity contribution is 6.00. The fraction of sp³-hybridized carbons (Fsp3) is 0.478. The van der Waals surface area contributed by atoms with Gasteiger partial charge in [-0.25, -0.2) is 4.98 Å². The van der Waals surface area contributed by atoms with Gasteiger partial charge in [-0.2, -0.15) is 0 Å². The van der Waals surface area contributed by atoms with E-state index in [0.717, 1.165) is 42.8 Å². The predicted molar refractivity (Wildman–Crippen MR) is 116 cm³/mol. The summed E-state index contributed by atoms with van der Waals surface area (Å²) in [6, 6.07) is 8.26. The Morgan fingerprint density at radius 2 is 1.93 bits per heavy atom. The van der Waals surface area contributed by atoms with Crippen LogP contribution in [0, 0.1) is 0 Å². The average Bonchev–Trinajstić information content (AvgIpc) is 3.25. The van der Waals surface area contributed by atoms with Crippen molar-refractivity contribution in [3.63, 3.8) is 0 Å². The molecular weight excluding hydrogens is 362 g/mol. The molecule has 29 heavy (non-hydrogen) atoms. The summed E-state index contributed by atoms with van der Waals surface area (Å²) >= 11 is 0. The van der Waals surface area contributed by atoms with Gasteiger partial charge in [0.15, 0.2) is 5.69 Å². The van der Waals surface area contributed by atoms with Gasteiger partial charge in [0.25, 0.3) is 5.91 Å². The van der Waals surface area contributed by atoms with E-state index in [4.69, 9.17) is 4.98 Å². The van der Waals surface area contributed by atoms with Gasteiger partial charge in [-0.1, -0.05) is 31.7 Å². The molecule has 1 aliphatic rings. The van der Waals surface area contributed by atoms with E-state index >= 15 is 0 Å². The van der Waals surface area contributed by atoms with Crippen molar-refractivity contribution in [3.05, 3.63) is 48.5 Å². The predicted octanol–water partition coefficient (Wildman–Crippen LogP) is 3.82. The molecule has 154 valence electrons. The molecule has 0 radical (unpaired) electrons. The maximum absolute atomic E-state index is 13.1. The highest BCUT2D eigenvalue weighted by atomic mass is 16.2. The highest BCUT2D eigenvalue weighted by Crippen LogP contribution is 2.24. The van der Waals surface area contributed by atoms with Crippen LogP contribution in [0.4, 0.5) is 0 Å². The molecule has 3 heterocycles. The van der Waals surface area contributed by atoms with E-state index in [1.54, 1.807) is 0 Å². The van der Waals surface area contributed by atoms with Gasteiger partial charge in [-0.05, 0) is 45.1 Å². The number of pyridine rings is 1. The molecule has 3 aromatic heterocycles. The molecule has 0 spiro atoms. The Kier molecular flexibility index (Phi) is 6.00. The largest absolute Gasteiger partial charge is 0.352 e. The molecule has 0 aliphatic heterocycles. The van der Waals surface area contributed by atoms with Crippen LogP contribution in [0.1, 0.15) is 49.0 Å². The maximum atomic E-state index is 13.1. The van der Waals surface area contributed by atoms with Crippen LogP contribution in [-0.4, -0.2) is 51.4 Å². The highest BCUT2D eigenvalue weighted by Gasteiger charge is 2.22. The minimum Gasteiger partial charge on any atom is -0.352 e. The Bertz CT molecular complexity index is 963. The van der Waals surface area contributed by atoms with E-state index in [-0.39, 0.29) is 11.9 Å². The van der Waals surface area contributed by atoms with Gasteiger partial charge in [0.1, 0.15) is 5.82 Å². The minimum absolute atomic E-state index is 0.0566. The summed E-state index contributed by atoms with van der Waals surface area (Å²) < 4.78 is 4.19. The second-order valence-electron chi connectivity index (χ2n) is 8.34. The fourth-order valence-corrected chi connectivity index (χ4v) is 4.11. The average molecular weight is 394 g/mol. The normalized spacial score (nSPS) is 15.7. The van der Waals surface area contributed by atoms with Crippen molar-refractivity contribution in [2.45, 2.75) is 51.1 Å². The second-order valence-corrected chi connectivity index (χ2v) is 8.34. The molecular formula is C23H31N5O. The van der Waals surface area contributed by atoms with Crippen LogP contribution < -0.4 is 5.32 Å². The molecule has 1 aliphatic carbocycles. The quantitative estimate of drug-likeness (QED) is 0.648. The molecule has 0 saturated heterocycles. The number of fused-ring (bicyclic) bond motifs is 1. The van der Waals surface area contributed by atoms with Crippen LogP contribution in [-0.2, 0) is 6.54 Å². The number of aromatic nitrogens is 3. The standard InChI is InChI=1S/C23H31N5O/c1-26(2)15-16-27-14-12-18(17-27)22-25-21(20-11-7-8-13-28(20)22)23(29)24-19-9-5-3-4-6-10-19/h7-8,11-14,17,19H,3-6,9-10,15-16H2,1-2H3,(H,24,29). The Morgan fingerprint density at radius 3 is 2.69 bits per heavy atom. The Balaban J connectivity index is 1.60. The van der Waals surface area contributed by atoms with Crippen molar-refractivity contribution in [2.75, 3.05) is 20.6 Å². The smallest absolute Gasteiger partial charge is 0.272 e. The van der Waals surface area contributed by atoms with Gasteiger partial charge >= 0.3 is 0 Å². The number of rotatable bonds is 6. The van der Waals surface area contributed by atoms with Crippen molar-refractivity contribution < 1.29 is 4.79 Å². The molecule has 1 fully saturated rings. The van der Waals surface area contributed by atoms with Gasteiger partial charge < -0.3 is 14.8 Å². The minimum atomic E-state index is -0.0566. The van der Waals surface area contributed by atoms with Crippen LogP contribution in [0.5, 0.6) is 0 Å². The van der Waals surface area contributed by atoms with E-state index in [1.165, 1.54) is 25.7 Å². The number of amides is 1. The van der Waals surface area contributed by atoms with Crippen LogP contribution in [0.15, 0.2) is 42.9 Å². The van der Waals surface area contributed by atoms with Crippen LogP contribution in [0.25, 0.3) is 16.9 Å². The Labute approximate surface area is 172 Å². The molecule has 6 nitrogen and oxygen atoms in total. The van der Waals surface area contributed by atoms with E-state index in [1.807, 2.05) is 28.8 Å². The first-order chi connectivity index (χ1) is 14.1. The van der Waals surface area contributed by atoms with Gasteiger partial charge in [0, 0.05) is 43.3 Å². The Hall–Kier alpha value is -2.60. The van der Waals surface area contributed by atoms with E-state index in [0.29, 0.717) is 5.69 Å². The first kappa shape index (κ1) is 19.7. The monoisotopic (exact) mass is 393 g/mol. The van der Waals surface area contributed by atoms with Crippen LogP contribution in [0.3, 0.4) is 0 Å². The van der Waals surface area contributed by atoms with Gasteiger partial charge in [0.2, 0.25) is 0 Å². The van der Waals surface area contributed by atoms with Crippen molar-refractivity contribution in [1.29, 1.82) is 0 Å². The van der Waals surface area contributed by atoms with E-state index in [9.17, 15) is 4.79 Å². The third-order valence-electron chi connectivity index (χ3n) is 5.77. The third-order valence-corrected chi connectivity index (χ3v) is 5.77. The Morgan fingerprint density at radius 1 is 1.14 bits per heavy atom. The molecule has 0 atom stereocenters. The van der Waals surface area contributed by atoms with Crippen molar-refractivity contribution >= 4 is 11.4 Å². The summed E-state index contributed by atoms with van der Waals surface area (Å²) in [6.45, 7) is 1.90. The summed E-state index contributed by atoms with van der Waals surface area (Å²) in [5, 5.41) is 3.24. The zero-order chi connectivity index (χ0) is 20.2. The molecule has 4 rings (SSSR count). The number of hydrogen-bond acceptors (Lipinski definition) is 3. The van der Waals surface area contributed by atoms with Crippen molar-refractivity contribution in [3.8, 4) is 11.4 Å². The first-order valence-corrected chi connectivity index (χ1v) is 10.7.